The first-order valence-electron chi connectivity index (χ1n) is 5.60. The van der Waals surface area contributed by atoms with E-state index in [9.17, 15) is 0 Å². The highest BCUT2D eigenvalue weighted by Crippen LogP contribution is 2.13. The molecule has 2 rings (SSSR count). The molecule has 2 aromatic rings. The molecule has 2 heteroatoms. The topological polar surface area (TPSA) is 18.5 Å². The fourth-order valence-electron chi connectivity index (χ4n) is 1.55. The van der Waals surface area contributed by atoms with Crippen LogP contribution in [0.5, 0.6) is 11.5 Å². The number of hydrogen-bond acceptors (Lipinski definition) is 2. The highest BCUT2D eigenvalue weighted by molar-refractivity contribution is 5.27. The van der Waals surface area contributed by atoms with Gasteiger partial charge in [0.25, 0.3) is 0 Å². The lowest BCUT2D eigenvalue weighted by atomic mass is 10.1. The van der Waals surface area contributed by atoms with Crippen LogP contribution in [0.25, 0.3) is 0 Å². The monoisotopic (exact) mass is 227 g/mol. The molecule has 0 aliphatic carbocycles. The lowest BCUT2D eigenvalue weighted by molar-refractivity contribution is 0.322. The second-order valence-electron chi connectivity index (χ2n) is 3.68. The summed E-state index contributed by atoms with van der Waals surface area (Å²) in [4.78, 5) is 0. The van der Waals surface area contributed by atoms with Gasteiger partial charge >= 0.3 is 0 Å². The summed E-state index contributed by atoms with van der Waals surface area (Å²) in [7, 11) is 1.67. The predicted octanol–water partition coefficient (Wildman–Crippen LogP) is 3.12. The van der Waals surface area contributed by atoms with Crippen LogP contribution in [-0.2, 0) is 6.42 Å². The Morgan fingerprint density at radius 1 is 0.941 bits per heavy atom. The molecule has 0 unspecified atom stereocenters. The first-order chi connectivity index (χ1) is 8.38. The number of benzene rings is 2. The van der Waals surface area contributed by atoms with E-state index in [4.69, 9.17) is 9.47 Å². The van der Waals surface area contributed by atoms with Crippen LogP contribution in [0.2, 0.25) is 0 Å². The third kappa shape index (κ3) is 3.52. The van der Waals surface area contributed by atoms with Crippen LogP contribution in [0.3, 0.4) is 0 Å². The molecule has 0 saturated carbocycles. The van der Waals surface area contributed by atoms with E-state index < -0.39 is 0 Å². The Labute approximate surface area is 102 Å². The minimum absolute atomic E-state index is 0.677. The van der Waals surface area contributed by atoms with E-state index in [2.05, 4.69) is 18.2 Å². The van der Waals surface area contributed by atoms with Crippen molar-refractivity contribution in [2.45, 2.75) is 6.42 Å². The number of hydrogen-bond donors (Lipinski definition) is 0. The highest BCUT2D eigenvalue weighted by Gasteiger charge is 1.96. The Morgan fingerprint density at radius 2 is 1.65 bits per heavy atom. The van der Waals surface area contributed by atoms with Crippen molar-refractivity contribution in [1.29, 1.82) is 0 Å². The fourth-order valence-corrected chi connectivity index (χ4v) is 1.55. The Bertz CT molecular complexity index is 434. The van der Waals surface area contributed by atoms with Crippen LogP contribution in [-0.4, -0.2) is 13.7 Å². The van der Waals surface area contributed by atoms with E-state index >= 15 is 0 Å². The van der Waals surface area contributed by atoms with E-state index in [1.165, 1.54) is 5.56 Å². The van der Waals surface area contributed by atoms with E-state index in [1.54, 1.807) is 7.11 Å². The van der Waals surface area contributed by atoms with Gasteiger partial charge in [0.1, 0.15) is 11.5 Å². The standard InChI is InChI=1S/C15H15O2/c1-16-14-9-7-13(8-10-14)11-12-17-15-5-3-2-4-6-15/h3-10H,11-12H2,1H3. The molecule has 2 nitrogen and oxygen atoms in total. The summed E-state index contributed by atoms with van der Waals surface area (Å²) >= 11 is 0. The Morgan fingerprint density at radius 3 is 2.29 bits per heavy atom. The molecule has 0 atom stereocenters. The molecule has 0 aliphatic heterocycles. The van der Waals surface area contributed by atoms with Crippen LogP contribution in [0.15, 0.2) is 48.5 Å². The summed E-state index contributed by atoms with van der Waals surface area (Å²) < 4.78 is 10.7. The molecule has 0 aliphatic rings. The van der Waals surface area contributed by atoms with Crippen LogP contribution >= 0.6 is 0 Å². The van der Waals surface area contributed by atoms with Gasteiger partial charge in [-0.1, -0.05) is 24.3 Å². The molecule has 0 saturated heterocycles. The Balaban J connectivity index is 1.82. The van der Waals surface area contributed by atoms with Gasteiger partial charge in [-0.05, 0) is 35.9 Å². The maximum Gasteiger partial charge on any atom is 0.119 e. The van der Waals surface area contributed by atoms with Crippen LogP contribution in [0.1, 0.15) is 5.56 Å². The molecule has 0 heterocycles. The van der Waals surface area contributed by atoms with Crippen molar-refractivity contribution in [2.75, 3.05) is 13.7 Å². The summed E-state index contributed by atoms with van der Waals surface area (Å²) in [5.41, 5.74) is 1.24. The molecule has 17 heavy (non-hydrogen) atoms. The Kier molecular flexibility index (Phi) is 4.03. The zero-order valence-corrected chi connectivity index (χ0v) is 9.85. The number of methoxy groups -OCH3 is 1. The second kappa shape index (κ2) is 5.94. The molecule has 0 amide bonds. The highest BCUT2D eigenvalue weighted by atomic mass is 16.5. The SMILES string of the molecule is COc1ccc(CCOc2cc[c]cc2)cc1. The van der Waals surface area contributed by atoms with Crippen molar-refractivity contribution < 1.29 is 9.47 Å². The summed E-state index contributed by atoms with van der Waals surface area (Å²) in [6, 6.07) is 18.5. The molecule has 0 N–H and O–H groups in total. The largest absolute Gasteiger partial charge is 0.497 e. The molecule has 87 valence electrons. The van der Waals surface area contributed by atoms with Gasteiger partial charge in [-0.3, -0.25) is 0 Å². The van der Waals surface area contributed by atoms with Crippen molar-refractivity contribution >= 4 is 0 Å². The lowest BCUT2D eigenvalue weighted by Gasteiger charge is -2.06. The summed E-state index contributed by atoms with van der Waals surface area (Å²) in [6.45, 7) is 0.677. The van der Waals surface area contributed by atoms with Gasteiger partial charge in [-0.2, -0.15) is 0 Å². The van der Waals surface area contributed by atoms with E-state index in [-0.39, 0.29) is 0 Å². The van der Waals surface area contributed by atoms with Gasteiger partial charge in [-0.25, -0.2) is 0 Å². The molecule has 0 fully saturated rings. The first kappa shape index (κ1) is 11.5. The van der Waals surface area contributed by atoms with Crippen LogP contribution in [0, 0.1) is 6.07 Å². The lowest BCUT2D eigenvalue weighted by Crippen LogP contribution is -2.01. The predicted molar refractivity (Wildman–Crippen MR) is 67.5 cm³/mol. The third-order valence-electron chi connectivity index (χ3n) is 2.51. The molecule has 1 radical (unpaired) electrons. The van der Waals surface area contributed by atoms with Crippen molar-refractivity contribution in [3.8, 4) is 11.5 Å². The van der Waals surface area contributed by atoms with Gasteiger partial charge in [0.15, 0.2) is 0 Å². The van der Waals surface area contributed by atoms with E-state index in [0.717, 1.165) is 17.9 Å². The maximum absolute atomic E-state index is 5.62. The zero-order valence-electron chi connectivity index (χ0n) is 9.85. The first-order valence-corrected chi connectivity index (χ1v) is 5.60. The van der Waals surface area contributed by atoms with Crippen LogP contribution < -0.4 is 9.47 Å². The zero-order chi connectivity index (χ0) is 11.9. The molecule has 0 aromatic heterocycles. The Hall–Kier alpha value is -1.96. The van der Waals surface area contributed by atoms with Crippen molar-refractivity contribution in [1.82, 2.24) is 0 Å². The van der Waals surface area contributed by atoms with Crippen LogP contribution in [0.4, 0.5) is 0 Å². The quantitative estimate of drug-likeness (QED) is 0.781. The minimum Gasteiger partial charge on any atom is -0.497 e. The van der Waals surface area contributed by atoms with Gasteiger partial charge in [0, 0.05) is 6.42 Å². The minimum atomic E-state index is 0.677. The van der Waals surface area contributed by atoms with Crippen molar-refractivity contribution in [3.63, 3.8) is 0 Å². The maximum atomic E-state index is 5.62. The fraction of sp³-hybridized carbons (Fsp3) is 0.200. The van der Waals surface area contributed by atoms with Gasteiger partial charge in [0.05, 0.1) is 13.7 Å². The average Bonchev–Trinajstić information content (AvgIpc) is 2.41. The second-order valence-corrected chi connectivity index (χ2v) is 3.68. The summed E-state index contributed by atoms with van der Waals surface area (Å²) in [5.74, 6) is 1.77. The van der Waals surface area contributed by atoms with E-state index in [0.29, 0.717) is 6.61 Å². The van der Waals surface area contributed by atoms with Crippen molar-refractivity contribution in [2.24, 2.45) is 0 Å². The van der Waals surface area contributed by atoms with Gasteiger partial charge < -0.3 is 9.47 Å². The van der Waals surface area contributed by atoms with Gasteiger partial charge in [-0.15, -0.1) is 0 Å². The van der Waals surface area contributed by atoms with Crippen molar-refractivity contribution in [3.05, 3.63) is 60.2 Å². The summed E-state index contributed by atoms with van der Waals surface area (Å²) in [6.07, 6.45) is 0.891. The number of rotatable bonds is 5. The van der Waals surface area contributed by atoms with E-state index in [1.807, 2.05) is 36.4 Å². The normalized spacial score (nSPS) is 9.94. The molecular weight excluding hydrogens is 212 g/mol. The smallest absolute Gasteiger partial charge is 0.119 e. The number of ether oxygens (including phenoxy) is 2. The van der Waals surface area contributed by atoms with Gasteiger partial charge in [0.2, 0.25) is 0 Å². The molecular formula is C15H15O2. The molecule has 2 aromatic carbocycles. The molecule has 0 spiro atoms. The summed E-state index contributed by atoms with van der Waals surface area (Å²) in [5, 5.41) is 0. The average molecular weight is 227 g/mol. The molecule has 0 bridgehead atoms. The third-order valence-corrected chi connectivity index (χ3v) is 2.51.